The normalized spacial score (nSPS) is 22.0. The van der Waals surface area contributed by atoms with Crippen molar-refractivity contribution in [2.24, 2.45) is 5.41 Å². The van der Waals surface area contributed by atoms with Crippen molar-refractivity contribution in [1.29, 1.82) is 0 Å². The first-order chi connectivity index (χ1) is 15.0. The molecule has 1 aromatic rings. The maximum atomic E-state index is 12.9. The molecule has 1 atom stereocenters. The van der Waals surface area contributed by atoms with Crippen LogP contribution in [0.1, 0.15) is 99.1 Å². The van der Waals surface area contributed by atoms with Crippen LogP contribution in [0.5, 0.6) is 0 Å². The molecule has 1 aliphatic heterocycles. The average Bonchev–Trinajstić information content (AvgIpc) is 2.89. The topological polar surface area (TPSA) is 128 Å². The summed E-state index contributed by atoms with van der Waals surface area (Å²) >= 11 is 0. The third-order valence-electron chi connectivity index (χ3n) is 6.22. The average molecular weight is 445 g/mol. The first-order valence-electron chi connectivity index (χ1n) is 11.2. The van der Waals surface area contributed by atoms with E-state index >= 15 is 0 Å². The summed E-state index contributed by atoms with van der Waals surface area (Å²) in [5.41, 5.74) is 0.660. The van der Waals surface area contributed by atoms with Crippen LogP contribution in [-0.2, 0) is 11.2 Å². The van der Waals surface area contributed by atoms with Gasteiger partial charge in [-0.3, -0.25) is 24.6 Å². The second-order valence-electron chi connectivity index (χ2n) is 9.85. The molecule has 1 fully saturated rings. The summed E-state index contributed by atoms with van der Waals surface area (Å²) in [6.07, 6.45) is 6.28. The molecule has 1 aliphatic carbocycles. The number of carbonyl (C=O) groups excluding carboxylic acids is 4. The molecule has 4 amide bonds. The second kappa shape index (κ2) is 8.88. The molecular formula is C23H32N4O5. The number of aromatic amines is 1. The molecule has 9 heteroatoms. The Morgan fingerprint density at radius 2 is 1.75 bits per heavy atom. The number of unbranched alkanes of at least 4 members (excludes halogenated alkanes) is 4. The number of imide groups is 1. The van der Waals surface area contributed by atoms with E-state index in [4.69, 9.17) is 0 Å². The molecule has 0 radical (unpaired) electrons. The van der Waals surface area contributed by atoms with Crippen LogP contribution in [0.15, 0.2) is 10.9 Å². The van der Waals surface area contributed by atoms with E-state index in [1.807, 2.05) is 13.8 Å². The molecule has 0 bridgehead atoms. The fourth-order valence-corrected chi connectivity index (χ4v) is 4.40. The zero-order valence-corrected chi connectivity index (χ0v) is 19.2. The quantitative estimate of drug-likeness (QED) is 0.419. The van der Waals surface area contributed by atoms with Crippen molar-refractivity contribution >= 4 is 23.6 Å². The van der Waals surface area contributed by atoms with Gasteiger partial charge in [-0.1, -0.05) is 52.9 Å². The number of rotatable bonds is 8. The van der Waals surface area contributed by atoms with E-state index < -0.39 is 28.9 Å². The van der Waals surface area contributed by atoms with Gasteiger partial charge in [0, 0.05) is 17.7 Å². The monoisotopic (exact) mass is 444 g/mol. The van der Waals surface area contributed by atoms with Gasteiger partial charge in [-0.2, -0.15) is 5.01 Å². The molecule has 1 saturated heterocycles. The standard InChI is InChI=1S/C23H32N4O5/c1-5-6-7-8-9-10-23(4)20(31)27(21(32)25-23)26-19(30)15-11-14-16(24-18(15)29)12-22(2,3)13-17(14)28/h11H,5-10,12-13H2,1-4H3,(H,24,29)(H,25,32)(H,26,30). The van der Waals surface area contributed by atoms with Crippen molar-refractivity contribution < 1.29 is 19.2 Å². The van der Waals surface area contributed by atoms with E-state index in [1.54, 1.807) is 6.92 Å². The van der Waals surface area contributed by atoms with Crippen molar-refractivity contribution in [3.63, 3.8) is 0 Å². The van der Waals surface area contributed by atoms with E-state index in [9.17, 15) is 24.0 Å². The van der Waals surface area contributed by atoms with Gasteiger partial charge < -0.3 is 10.3 Å². The number of urea groups is 1. The van der Waals surface area contributed by atoms with Crippen LogP contribution in [0.3, 0.4) is 0 Å². The number of pyridine rings is 1. The fourth-order valence-electron chi connectivity index (χ4n) is 4.40. The Morgan fingerprint density at radius 3 is 2.44 bits per heavy atom. The van der Waals surface area contributed by atoms with E-state index in [-0.39, 0.29) is 16.8 Å². The third kappa shape index (κ3) is 4.76. The van der Waals surface area contributed by atoms with Gasteiger partial charge in [-0.15, -0.1) is 0 Å². The molecule has 0 saturated carbocycles. The number of carbonyl (C=O) groups is 4. The molecule has 1 aromatic heterocycles. The number of nitrogens with zero attached hydrogens (tertiary/aromatic N) is 1. The van der Waals surface area contributed by atoms with Crippen LogP contribution < -0.4 is 16.3 Å². The molecule has 0 spiro atoms. The minimum Gasteiger partial charge on any atom is -0.325 e. The first kappa shape index (κ1) is 23.7. The van der Waals surface area contributed by atoms with Crippen molar-refractivity contribution in [3.8, 4) is 0 Å². The van der Waals surface area contributed by atoms with E-state index in [0.29, 0.717) is 35.5 Å². The Morgan fingerprint density at radius 1 is 1.06 bits per heavy atom. The van der Waals surface area contributed by atoms with Crippen molar-refractivity contribution in [1.82, 2.24) is 20.7 Å². The highest BCUT2D eigenvalue weighted by molar-refractivity contribution is 6.09. The molecule has 3 N–H and O–H groups in total. The largest absolute Gasteiger partial charge is 0.344 e. The van der Waals surface area contributed by atoms with Crippen LogP contribution in [-0.4, -0.2) is 39.2 Å². The predicted molar refractivity (Wildman–Crippen MR) is 118 cm³/mol. The van der Waals surface area contributed by atoms with E-state index in [1.165, 1.54) is 6.07 Å². The van der Waals surface area contributed by atoms with Crippen LogP contribution in [0.2, 0.25) is 0 Å². The van der Waals surface area contributed by atoms with Crippen molar-refractivity contribution in [3.05, 3.63) is 33.2 Å². The highest BCUT2D eigenvalue weighted by atomic mass is 16.2. The van der Waals surface area contributed by atoms with Gasteiger partial charge in [0.1, 0.15) is 11.1 Å². The first-order valence-corrected chi connectivity index (χ1v) is 11.2. The van der Waals surface area contributed by atoms with Crippen molar-refractivity contribution in [2.75, 3.05) is 0 Å². The lowest BCUT2D eigenvalue weighted by Gasteiger charge is -2.29. The molecule has 3 rings (SSSR count). The maximum absolute atomic E-state index is 12.9. The predicted octanol–water partition coefficient (Wildman–Crippen LogP) is 2.85. The number of hydrogen-bond acceptors (Lipinski definition) is 5. The fraction of sp³-hybridized carbons (Fsp3) is 0.609. The molecular weight excluding hydrogens is 412 g/mol. The van der Waals surface area contributed by atoms with Gasteiger partial charge in [0.05, 0.1) is 0 Å². The van der Waals surface area contributed by atoms with Crippen LogP contribution in [0.25, 0.3) is 0 Å². The third-order valence-corrected chi connectivity index (χ3v) is 6.22. The molecule has 2 aliphatic rings. The number of nitrogens with one attached hydrogen (secondary N) is 3. The lowest BCUT2D eigenvalue weighted by molar-refractivity contribution is -0.132. The highest BCUT2D eigenvalue weighted by Crippen LogP contribution is 2.33. The molecule has 0 aromatic carbocycles. The summed E-state index contributed by atoms with van der Waals surface area (Å²) in [4.78, 5) is 65.6. The Balaban J connectivity index is 1.73. The Hall–Kier alpha value is -2.97. The van der Waals surface area contributed by atoms with Crippen LogP contribution in [0.4, 0.5) is 4.79 Å². The number of aromatic nitrogens is 1. The molecule has 9 nitrogen and oxygen atoms in total. The van der Waals surface area contributed by atoms with Gasteiger partial charge in [0.15, 0.2) is 5.78 Å². The Labute approximate surface area is 187 Å². The van der Waals surface area contributed by atoms with Crippen LogP contribution >= 0.6 is 0 Å². The summed E-state index contributed by atoms with van der Waals surface area (Å²) in [7, 11) is 0. The second-order valence-corrected chi connectivity index (χ2v) is 9.85. The molecule has 174 valence electrons. The summed E-state index contributed by atoms with van der Waals surface area (Å²) < 4.78 is 0. The lowest BCUT2D eigenvalue weighted by atomic mass is 9.75. The molecule has 2 heterocycles. The summed E-state index contributed by atoms with van der Waals surface area (Å²) in [6.45, 7) is 7.62. The number of hydrazine groups is 1. The van der Waals surface area contributed by atoms with Crippen LogP contribution in [0, 0.1) is 5.41 Å². The van der Waals surface area contributed by atoms with Gasteiger partial charge >= 0.3 is 6.03 Å². The minimum absolute atomic E-state index is 0.160. The number of hydrogen-bond donors (Lipinski definition) is 3. The molecule has 32 heavy (non-hydrogen) atoms. The van der Waals surface area contributed by atoms with Gasteiger partial charge in [-0.05, 0) is 31.2 Å². The summed E-state index contributed by atoms with van der Waals surface area (Å²) in [5.74, 6) is -1.65. The van der Waals surface area contributed by atoms with E-state index in [0.717, 1.165) is 32.1 Å². The Bertz CT molecular complexity index is 1010. The minimum atomic E-state index is -1.11. The van der Waals surface area contributed by atoms with Gasteiger partial charge in [0.2, 0.25) is 0 Å². The van der Waals surface area contributed by atoms with Crippen molar-refractivity contribution in [2.45, 2.75) is 84.6 Å². The number of Topliss-reactive ketones (excluding diaryl/α,β-unsaturated/α-hetero) is 1. The lowest BCUT2D eigenvalue weighted by Crippen LogP contribution is -2.49. The zero-order valence-electron chi connectivity index (χ0n) is 19.2. The SMILES string of the molecule is CCCCCCCC1(C)NC(=O)N(NC(=O)c2cc3c([nH]c2=O)CC(C)(C)CC3=O)C1=O. The summed E-state index contributed by atoms with van der Waals surface area (Å²) in [5, 5.41) is 3.26. The smallest absolute Gasteiger partial charge is 0.325 e. The number of amides is 4. The number of fused-ring (bicyclic) bond motifs is 1. The van der Waals surface area contributed by atoms with Gasteiger partial charge in [0.25, 0.3) is 17.4 Å². The summed E-state index contributed by atoms with van der Waals surface area (Å²) in [6, 6.07) is 0.513. The maximum Gasteiger partial charge on any atom is 0.344 e. The van der Waals surface area contributed by atoms with E-state index in [2.05, 4.69) is 22.7 Å². The number of ketones is 1. The van der Waals surface area contributed by atoms with Gasteiger partial charge in [-0.25, -0.2) is 4.79 Å². The highest BCUT2D eigenvalue weighted by Gasteiger charge is 2.48. The molecule has 1 unspecified atom stereocenters. The number of H-pyrrole nitrogens is 1. The zero-order chi connectivity index (χ0) is 23.7. The Kier molecular flexibility index (Phi) is 6.57.